The lowest BCUT2D eigenvalue weighted by atomic mass is 10.3. The molecule has 0 radical (unpaired) electrons. The largest absolute Gasteiger partial charge is 0.495 e. The van der Waals surface area contributed by atoms with Crippen LogP contribution in [0.5, 0.6) is 5.75 Å². The van der Waals surface area contributed by atoms with Crippen LogP contribution in [-0.4, -0.2) is 7.11 Å². The fourth-order valence-electron chi connectivity index (χ4n) is 1.19. The summed E-state index contributed by atoms with van der Waals surface area (Å²) in [6.07, 6.45) is 0. The van der Waals surface area contributed by atoms with Gasteiger partial charge in [-0.15, -0.1) is 11.3 Å². The monoisotopic (exact) mass is 237 g/mol. The van der Waals surface area contributed by atoms with Crippen LogP contribution in [0.25, 0.3) is 0 Å². The second-order valence-electron chi connectivity index (χ2n) is 2.94. The minimum atomic E-state index is 0.674. The van der Waals surface area contributed by atoms with Crippen LogP contribution < -0.4 is 10.5 Å². The van der Waals surface area contributed by atoms with Gasteiger partial charge in [0.25, 0.3) is 0 Å². The maximum absolute atomic E-state index is 5.74. The Hall–Kier alpha value is -1.13. The summed E-state index contributed by atoms with van der Waals surface area (Å²) in [6, 6.07) is 9.97. The predicted molar refractivity (Wildman–Crippen MR) is 65.8 cm³/mol. The molecule has 1 heterocycles. The number of benzene rings is 1. The average molecular weight is 237 g/mol. The van der Waals surface area contributed by atoms with Crippen LogP contribution in [0.2, 0.25) is 0 Å². The Morgan fingerprint density at radius 2 is 2.20 bits per heavy atom. The maximum Gasteiger partial charge on any atom is 0.142 e. The summed E-state index contributed by atoms with van der Waals surface area (Å²) in [5, 5.41) is 2.07. The number of thiophene rings is 1. The van der Waals surface area contributed by atoms with Gasteiger partial charge in [-0.25, -0.2) is 0 Å². The number of methoxy groups -OCH3 is 1. The zero-order valence-corrected chi connectivity index (χ0v) is 9.90. The molecule has 0 unspecified atom stereocenters. The molecule has 15 heavy (non-hydrogen) atoms. The highest BCUT2D eigenvalue weighted by atomic mass is 32.2. The van der Waals surface area contributed by atoms with E-state index >= 15 is 0 Å². The number of rotatable bonds is 3. The van der Waals surface area contributed by atoms with Crippen molar-refractivity contribution in [1.29, 1.82) is 0 Å². The van der Waals surface area contributed by atoms with Crippen molar-refractivity contribution < 1.29 is 4.74 Å². The molecule has 0 bridgehead atoms. The van der Waals surface area contributed by atoms with E-state index in [1.54, 1.807) is 30.2 Å². The first-order valence-electron chi connectivity index (χ1n) is 4.44. The van der Waals surface area contributed by atoms with E-state index in [9.17, 15) is 0 Å². The summed E-state index contributed by atoms with van der Waals surface area (Å²) < 4.78 is 6.44. The van der Waals surface area contributed by atoms with Gasteiger partial charge in [0.05, 0.1) is 17.0 Å². The van der Waals surface area contributed by atoms with E-state index in [4.69, 9.17) is 10.5 Å². The molecule has 1 aromatic heterocycles. The third kappa shape index (κ3) is 2.46. The number of hydrogen-bond donors (Lipinski definition) is 1. The van der Waals surface area contributed by atoms with Crippen LogP contribution in [0, 0.1) is 0 Å². The molecule has 2 aromatic rings. The number of nitrogen functional groups attached to an aromatic ring is 1. The van der Waals surface area contributed by atoms with E-state index in [1.807, 2.05) is 24.3 Å². The van der Waals surface area contributed by atoms with Gasteiger partial charge in [0.2, 0.25) is 0 Å². The normalized spacial score (nSPS) is 10.2. The van der Waals surface area contributed by atoms with Crippen LogP contribution in [0.15, 0.2) is 44.8 Å². The maximum atomic E-state index is 5.74. The minimum absolute atomic E-state index is 0.674. The van der Waals surface area contributed by atoms with Crippen molar-refractivity contribution in [2.75, 3.05) is 12.8 Å². The van der Waals surface area contributed by atoms with Gasteiger partial charge in [0.15, 0.2) is 0 Å². The molecule has 0 saturated heterocycles. The smallest absolute Gasteiger partial charge is 0.142 e. The van der Waals surface area contributed by atoms with Gasteiger partial charge >= 0.3 is 0 Å². The fraction of sp³-hybridized carbons (Fsp3) is 0.0909. The van der Waals surface area contributed by atoms with Gasteiger partial charge in [-0.05, 0) is 29.6 Å². The van der Waals surface area contributed by atoms with Gasteiger partial charge in [0, 0.05) is 4.90 Å². The fourth-order valence-corrected chi connectivity index (χ4v) is 2.97. The van der Waals surface area contributed by atoms with Gasteiger partial charge in [-0.2, -0.15) is 0 Å². The summed E-state index contributed by atoms with van der Waals surface area (Å²) >= 11 is 3.44. The van der Waals surface area contributed by atoms with Gasteiger partial charge in [0.1, 0.15) is 5.75 Å². The van der Waals surface area contributed by atoms with E-state index in [0.717, 1.165) is 10.6 Å². The first-order chi connectivity index (χ1) is 7.29. The highest BCUT2D eigenvalue weighted by Crippen LogP contribution is 2.34. The third-order valence-corrected chi connectivity index (χ3v) is 3.95. The number of nitrogens with two attached hydrogens (primary N) is 1. The van der Waals surface area contributed by atoms with Crippen molar-refractivity contribution >= 4 is 28.8 Å². The predicted octanol–water partition coefficient (Wildman–Crippen LogP) is 3.49. The molecule has 0 saturated carbocycles. The second kappa shape index (κ2) is 4.59. The molecule has 0 atom stereocenters. The molecule has 2 nitrogen and oxygen atoms in total. The Balaban J connectivity index is 2.22. The molecule has 2 N–H and O–H groups in total. The Morgan fingerprint density at radius 3 is 2.87 bits per heavy atom. The molecular formula is C11H11NOS2. The highest BCUT2D eigenvalue weighted by Gasteiger charge is 2.03. The first-order valence-corrected chi connectivity index (χ1v) is 6.14. The molecule has 1 aromatic carbocycles. The zero-order valence-electron chi connectivity index (χ0n) is 8.27. The van der Waals surface area contributed by atoms with Crippen LogP contribution in [-0.2, 0) is 0 Å². The van der Waals surface area contributed by atoms with Crippen molar-refractivity contribution in [3.05, 3.63) is 35.7 Å². The van der Waals surface area contributed by atoms with Crippen molar-refractivity contribution in [3.63, 3.8) is 0 Å². The first kappa shape index (κ1) is 10.4. The zero-order chi connectivity index (χ0) is 10.7. The quantitative estimate of drug-likeness (QED) is 0.830. The summed E-state index contributed by atoms with van der Waals surface area (Å²) in [5.74, 6) is 0.733. The van der Waals surface area contributed by atoms with Gasteiger partial charge in [-0.3, -0.25) is 0 Å². The van der Waals surface area contributed by atoms with Crippen molar-refractivity contribution in [1.82, 2.24) is 0 Å². The summed E-state index contributed by atoms with van der Waals surface area (Å²) in [5.41, 5.74) is 6.42. The summed E-state index contributed by atoms with van der Waals surface area (Å²) in [6.45, 7) is 0. The Morgan fingerprint density at radius 1 is 1.33 bits per heavy atom. The lowest BCUT2D eigenvalue weighted by molar-refractivity contribution is 0.416. The highest BCUT2D eigenvalue weighted by molar-refractivity contribution is 8.01. The van der Waals surface area contributed by atoms with Crippen molar-refractivity contribution in [2.24, 2.45) is 0 Å². The molecule has 0 aliphatic heterocycles. The van der Waals surface area contributed by atoms with Crippen LogP contribution in [0.4, 0.5) is 5.69 Å². The number of hydrogen-bond acceptors (Lipinski definition) is 4. The lowest BCUT2D eigenvalue weighted by Crippen LogP contribution is -1.91. The van der Waals surface area contributed by atoms with Gasteiger partial charge in [-0.1, -0.05) is 17.8 Å². The van der Waals surface area contributed by atoms with Crippen molar-refractivity contribution in [2.45, 2.75) is 9.10 Å². The summed E-state index contributed by atoms with van der Waals surface area (Å²) in [4.78, 5) is 1.14. The summed E-state index contributed by atoms with van der Waals surface area (Å²) in [7, 11) is 1.63. The molecule has 78 valence electrons. The topological polar surface area (TPSA) is 35.2 Å². The molecule has 0 fully saturated rings. The number of anilines is 1. The SMILES string of the molecule is COc1cc(Sc2cccs2)ccc1N. The molecular weight excluding hydrogens is 226 g/mol. The van der Waals surface area contributed by atoms with E-state index in [-0.39, 0.29) is 0 Å². The van der Waals surface area contributed by atoms with E-state index in [0.29, 0.717) is 5.69 Å². The van der Waals surface area contributed by atoms with Gasteiger partial charge < -0.3 is 10.5 Å². The molecule has 2 rings (SSSR count). The molecule has 0 aliphatic carbocycles. The van der Waals surface area contributed by atoms with E-state index in [2.05, 4.69) is 11.4 Å². The second-order valence-corrected chi connectivity index (χ2v) is 5.26. The Kier molecular flexibility index (Phi) is 3.18. The molecule has 0 aliphatic rings. The molecule has 0 amide bonds. The third-order valence-electron chi connectivity index (χ3n) is 1.92. The van der Waals surface area contributed by atoms with Crippen LogP contribution >= 0.6 is 23.1 Å². The average Bonchev–Trinajstić information content (AvgIpc) is 2.73. The van der Waals surface area contributed by atoms with Crippen molar-refractivity contribution in [3.8, 4) is 5.75 Å². The Labute approximate surface area is 97.1 Å². The van der Waals surface area contributed by atoms with Crippen LogP contribution in [0.1, 0.15) is 0 Å². The molecule has 0 spiro atoms. The Bertz CT molecular complexity index is 440. The standard InChI is InChI=1S/C11H11NOS2/c1-13-10-7-8(4-5-9(10)12)15-11-3-2-6-14-11/h2-7H,12H2,1H3. The van der Waals surface area contributed by atoms with E-state index < -0.39 is 0 Å². The molecule has 4 heteroatoms. The number of ether oxygens (including phenoxy) is 1. The lowest BCUT2D eigenvalue weighted by Gasteiger charge is -2.06. The van der Waals surface area contributed by atoms with Crippen LogP contribution in [0.3, 0.4) is 0 Å². The van der Waals surface area contributed by atoms with E-state index in [1.165, 1.54) is 4.21 Å². The minimum Gasteiger partial charge on any atom is -0.495 e.